The quantitative estimate of drug-likeness (QED) is 0.570. The standard InChI is InChI=1S/C21H28FN7O3S/c1-31-21(33)23-13-16-14-29(25-24-16)17-2-3-19(18(22)12-17)28-7-6-27(20(30)15-28)5-4-26-8-10-32-11-9-26/h2-3,12,14H,4-11,13,15H2,1H3,(H,23,33). The number of halogens is 1. The summed E-state index contributed by atoms with van der Waals surface area (Å²) in [5, 5.41) is 11.2. The van der Waals surface area contributed by atoms with Gasteiger partial charge in [-0.3, -0.25) is 9.69 Å². The summed E-state index contributed by atoms with van der Waals surface area (Å²) < 4.78 is 26.7. The first kappa shape index (κ1) is 23.3. The maximum atomic E-state index is 14.9. The maximum Gasteiger partial charge on any atom is 0.256 e. The van der Waals surface area contributed by atoms with Gasteiger partial charge in [0.2, 0.25) is 5.91 Å². The predicted molar refractivity (Wildman–Crippen MR) is 124 cm³/mol. The van der Waals surface area contributed by atoms with Crippen LogP contribution in [0.5, 0.6) is 0 Å². The number of piperazine rings is 1. The Morgan fingerprint density at radius 1 is 1.24 bits per heavy atom. The number of carbonyl (C=O) groups excluding carboxylic acids is 1. The van der Waals surface area contributed by atoms with Gasteiger partial charge in [0.25, 0.3) is 5.17 Å². The highest BCUT2D eigenvalue weighted by molar-refractivity contribution is 7.80. The van der Waals surface area contributed by atoms with Crippen molar-refractivity contribution in [3.8, 4) is 5.69 Å². The van der Waals surface area contributed by atoms with Gasteiger partial charge in [-0.25, -0.2) is 9.07 Å². The van der Waals surface area contributed by atoms with Crippen LogP contribution in [-0.4, -0.2) is 102 Å². The van der Waals surface area contributed by atoms with Crippen LogP contribution in [0.3, 0.4) is 0 Å². The van der Waals surface area contributed by atoms with Gasteiger partial charge in [0.15, 0.2) is 0 Å². The molecule has 0 atom stereocenters. The van der Waals surface area contributed by atoms with E-state index in [-0.39, 0.29) is 17.6 Å². The Balaban J connectivity index is 1.33. The van der Waals surface area contributed by atoms with Crippen LogP contribution in [-0.2, 0) is 20.8 Å². The monoisotopic (exact) mass is 477 g/mol. The van der Waals surface area contributed by atoms with Crippen LogP contribution in [0.4, 0.5) is 10.1 Å². The average molecular weight is 478 g/mol. The number of anilines is 1. The minimum absolute atomic E-state index is 0.0142. The molecular formula is C21H28FN7O3S. The second-order valence-electron chi connectivity index (χ2n) is 7.89. The lowest BCUT2D eigenvalue weighted by Gasteiger charge is -2.37. The van der Waals surface area contributed by atoms with Crippen molar-refractivity contribution >= 4 is 29.0 Å². The van der Waals surface area contributed by atoms with E-state index in [2.05, 4.69) is 20.5 Å². The Morgan fingerprint density at radius 2 is 2.06 bits per heavy atom. The number of amides is 1. The van der Waals surface area contributed by atoms with Crippen LogP contribution in [0.15, 0.2) is 24.4 Å². The van der Waals surface area contributed by atoms with Crippen molar-refractivity contribution in [1.82, 2.24) is 30.1 Å². The number of nitrogens with one attached hydrogen (secondary N) is 1. The molecule has 2 aromatic rings. The molecule has 0 bridgehead atoms. The molecule has 1 aromatic heterocycles. The molecule has 1 aromatic carbocycles. The number of carbonyl (C=O) groups is 1. The van der Waals surface area contributed by atoms with Gasteiger partial charge in [0.1, 0.15) is 11.5 Å². The Bertz CT molecular complexity index is 983. The highest BCUT2D eigenvalue weighted by Crippen LogP contribution is 2.24. The summed E-state index contributed by atoms with van der Waals surface area (Å²) in [6.07, 6.45) is 1.69. The molecule has 1 amide bonds. The molecule has 0 unspecified atom stereocenters. The van der Waals surface area contributed by atoms with E-state index in [4.69, 9.17) is 21.7 Å². The molecule has 4 rings (SSSR count). The summed E-state index contributed by atoms with van der Waals surface area (Å²) in [7, 11) is 1.48. The van der Waals surface area contributed by atoms with E-state index in [1.54, 1.807) is 23.2 Å². The largest absolute Gasteiger partial charge is 0.474 e. The highest BCUT2D eigenvalue weighted by Gasteiger charge is 2.26. The number of methoxy groups -OCH3 is 1. The minimum atomic E-state index is -0.405. The Morgan fingerprint density at radius 3 is 2.79 bits per heavy atom. The van der Waals surface area contributed by atoms with E-state index in [0.29, 0.717) is 43.2 Å². The Labute approximate surface area is 197 Å². The van der Waals surface area contributed by atoms with Crippen molar-refractivity contribution in [2.45, 2.75) is 6.54 Å². The van der Waals surface area contributed by atoms with Crippen LogP contribution in [0, 0.1) is 5.82 Å². The summed E-state index contributed by atoms with van der Waals surface area (Å²) in [6, 6.07) is 4.84. The fourth-order valence-electron chi connectivity index (χ4n) is 3.87. The molecule has 0 aliphatic carbocycles. The van der Waals surface area contributed by atoms with Crippen molar-refractivity contribution in [3.05, 3.63) is 35.9 Å². The van der Waals surface area contributed by atoms with Gasteiger partial charge >= 0.3 is 0 Å². The topological polar surface area (TPSA) is 88.0 Å². The van der Waals surface area contributed by atoms with E-state index >= 15 is 0 Å². The number of benzene rings is 1. The number of aromatic nitrogens is 3. The van der Waals surface area contributed by atoms with Crippen molar-refractivity contribution in [1.29, 1.82) is 0 Å². The third kappa shape index (κ3) is 5.95. The number of morpholine rings is 1. The zero-order valence-corrected chi connectivity index (χ0v) is 19.4. The molecule has 33 heavy (non-hydrogen) atoms. The number of hydrogen-bond donors (Lipinski definition) is 1. The molecule has 3 heterocycles. The summed E-state index contributed by atoms with van der Waals surface area (Å²) in [5.74, 6) is -0.391. The minimum Gasteiger partial charge on any atom is -0.474 e. The van der Waals surface area contributed by atoms with Crippen LogP contribution in [0.1, 0.15) is 5.69 Å². The van der Waals surface area contributed by atoms with Gasteiger partial charge in [0, 0.05) is 45.3 Å². The summed E-state index contributed by atoms with van der Waals surface area (Å²) in [6.45, 7) is 6.49. The predicted octanol–water partition coefficient (Wildman–Crippen LogP) is 0.408. The molecule has 0 saturated carbocycles. The van der Waals surface area contributed by atoms with Crippen LogP contribution < -0.4 is 10.2 Å². The third-order valence-electron chi connectivity index (χ3n) is 5.79. The molecule has 10 nitrogen and oxygen atoms in total. The first-order chi connectivity index (χ1) is 16.0. The lowest BCUT2D eigenvalue weighted by Crippen LogP contribution is -2.53. The van der Waals surface area contributed by atoms with Crippen LogP contribution in [0.2, 0.25) is 0 Å². The summed E-state index contributed by atoms with van der Waals surface area (Å²) in [5.41, 5.74) is 1.59. The van der Waals surface area contributed by atoms with Gasteiger partial charge in [-0.15, -0.1) is 5.10 Å². The number of thiocarbonyl (C=S) groups is 1. The van der Waals surface area contributed by atoms with E-state index < -0.39 is 5.82 Å². The molecule has 178 valence electrons. The van der Waals surface area contributed by atoms with Crippen molar-refractivity contribution in [2.75, 3.05) is 71.0 Å². The van der Waals surface area contributed by atoms with Gasteiger partial charge in [-0.1, -0.05) is 5.21 Å². The molecule has 1 N–H and O–H groups in total. The first-order valence-electron chi connectivity index (χ1n) is 10.9. The van der Waals surface area contributed by atoms with Crippen molar-refractivity contribution in [3.63, 3.8) is 0 Å². The second kappa shape index (κ2) is 10.9. The smallest absolute Gasteiger partial charge is 0.256 e. The Hall–Kier alpha value is -2.83. The van der Waals surface area contributed by atoms with Gasteiger partial charge in [0.05, 0.1) is 51.0 Å². The number of nitrogens with zero attached hydrogens (tertiary/aromatic N) is 6. The zero-order chi connectivity index (χ0) is 23.2. The molecular weight excluding hydrogens is 449 g/mol. The normalized spacial score (nSPS) is 17.3. The van der Waals surface area contributed by atoms with Crippen LogP contribution in [0.25, 0.3) is 5.69 Å². The average Bonchev–Trinajstić information content (AvgIpc) is 3.31. The van der Waals surface area contributed by atoms with Gasteiger partial charge < -0.3 is 24.6 Å². The zero-order valence-electron chi connectivity index (χ0n) is 18.6. The van der Waals surface area contributed by atoms with Gasteiger partial charge in [-0.2, -0.15) is 0 Å². The summed E-state index contributed by atoms with van der Waals surface area (Å²) >= 11 is 4.93. The molecule has 12 heteroatoms. The third-order valence-corrected chi connectivity index (χ3v) is 6.10. The van der Waals surface area contributed by atoms with Gasteiger partial charge in [-0.05, 0) is 24.4 Å². The van der Waals surface area contributed by atoms with E-state index in [9.17, 15) is 9.18 Å². The second-order valence-corrected chi connectivity index (χ2v) is 8.26. The van der Waals surface area contributed by atoms with E-state index in [0.717, 1.165) is 32.8 Å². The molecule has 0 spiro atoms. The highest BCUT2D eigenvalue weighted by atomic mass is 32.1. The SMILES string of the molecule is COC(=S)NCc1cn(-c2ccc(N3CCN(CCN4CCOCC4)C(=O)C3)c(F)c2)nn1. The molecule has 2 saturated heterocycles. The van der Waals surface area contributed by atoms with E-state index in [1.807, 2.05) is 4.90 Å². The van der Waals surface area contributed by atoms with E-state index in [1.165, 1.54) is 17.9 Å². The first-order valence-corrected chi connectivity index (χ1v) is 11.3. The number of rotatable bonds is 7. The lowest BCUT2D eigenvalue weighted by atomic mass is 10.2. The lowest BCUT2D eigenvalue weighted by molar-refractivity contribution is -0.131. The number of ether oxygens (including phenoxy) is 2. The maximum absolute atomic E-state index is 14.9. The summed E-state index contributed by atoms with van der Waals surface area (Å²) in [4.78, 5) is 18.6. The molecule has 2 fully saturated rings. The Kier molecular flexibility index (Phi) is 7.68. The van der Waals surface area contributed by atoms with Crippen molar-refractivity contribution in [2.24, 2.45) is 0 Å². The fourth-order valence-corrected chi connectivity index (χ4v) is 3.94. The van der Waals surface area contributed by atoms with Crippen molar-refractivity contribution < 1.29 is 18.7 Å². The fraction of sp³-hybridized carbons (Fsp3) is 0.524. The van der Waals surface area contributed by atoms with Crippen LogP contribution >= 0.6 is 12.2 Å². The molecule has 2 aliphatic heterocycles. The number of hydrogen-bond acceptors (Lipinski definition) is 8. The molecule has 0 radical (unpaired) electrons. The molecule has 2 aliphatic rings.